The summed E-state index contributed by atoms with van der Waals surface area (Å²) in [6, 6.07) is 2.20. The molecule has 1 N–H and O–H groups in total. The summed E-state index contributed by atoms with van der Waals surface area (Å²) >= 11 is 0. The molecule has 1 saturated heterocycles. The molecule has 21 heavy (non-hydrogen) atoms. The Labute approximate surface area is 129 Å². The fourth-order valence-electron chi connectivity index (χ4n) is 2.64. The van der Waals surface area contributed by atoms with Crippen molar-refractivity contribution in [2.75, 3.05) is 20.1 Å². The Morgan fingerprint density at radius 1 is 1.52 bits per heavy atom. The standard InChI is InChI=1S/C14H18N4O2.ClH/c1-9-12-6-10(7-16-13(12)20-17-9)14(19)18-5-3-4-11(8-18)15-2;/h6-7,11,15H,3-5,8H2,1-2H3;1H. The molecule has 2 aromatic rings. The summed E-state index contributed by atoms with van der Waals surface area (Å²) < 4.78 is 5.07. The number of carbonyl (C=O) groups excluding carboxylic acids is 1. The number of likely N-dealkylation sites (tertiary alicyclic amines) is 1. The number of carbonyl (C=O) groups is 1. The molecule has 2 aromatic heterocycles. The van der Waals surface area contributed by atoms with E-state index in [9.17, 15) is 4.79 Å². The molecule has 1 atom stereocenters. The second-order valence-corrected chi connectivity index (χ2v) is 5.22. The molecule has 0 aliphatic carbocycles. The van der Waals surface area contributed by atoms with Crippen LogP contribution in [0.3, 0.4) is 0 Å². The molecule has 6 nitrogen and oxygen atoms in total. The summed E-state index contributed by atoms with van der Waals surface area (Å²) in [6.07, 6.45) is 3.71. The van der Waals surface area contributed by atoms with Gasteiger partial charge in [-0.15, -0.1) is 12.4 Å². The largest absolute Gasteiger partial charge is 0.337 e. The van der Waals surface area contributed by atoms with Gasteiger partial charge in [0.1, 0.15) is 0 Å². The molecule has 0 aromatic carbocycles. The molecular weight excluding hydrogens is 292 g/mol. The number of rotatable bonds is 2. The quantitative estimate of drug-likeness (QED) is 0.915. The Morgan fingerprint density at radius 2 is 2.33 bits per heavy atom. The first kappa shape index (κ1) is 15.7. The Morgan fingerprint density at radius 3 is 3.10 bits per heavy atom. The van der Waals surface area contributed by atoms with Crippen LogP contribution in [0, 0.1) is 6.92 Å². The highest BCUT2D eigenvalue weighted by Gasteiger charge is 2.24. The maximum Gasteiger partial charge on any atom is 0.257 e. The maximum absolute atomic E-state index is 12.5. The van der Waals surface area contributed by atoms with Crippen LogP contribution in [0.25, 0.3) is 11.1 Å². The molecule has 0 bridgehead atoms. The summed E-state index contributed by atoms with van der Waals surface area (Å²) in [5.41, 5.74) is 1.83. The van der Waals surface area contributed by atoms with Gasteiger partial charge in [-0.1, -0.05) is 5.16 Å². The summed E-state index contributed by atoms with van der Waals surface area (Å²) in [7, 11) is 1.94. The number of hydrogen-bond acceptors (Lipinski definition) is 5. The van der Waals surface area contributed by atoms with Crippen LogP contribution in [0.5, 0.6) is 0 Å². The topological polar surface area (TPSA) is 71.3 Å². The van der Waals surface area contributed by atoms with Crippen LogP contribution in [0.4, 0.5) is 0 Å². The third-order valence-corrected chi connectivity index (χ3v) is 3.87. The normalized spacial score (nSPS) is 18.6. The van der Waals surface area contributed by atoms with Crippen molar-refractivity contribution < 1.29 is 9.32 Å². The van der Waals surface area contributed by atoms with Crippen molar-refractivity contribution in [3.63, 3.8) is 0 Å². The number of hydrogen-bond donors (Lipinski definition) is 1. The predicted molar refractivity (Wildman–Crippen MR) is 81.8 cm³/mol. The Bertz CT molecular complexity index is 643. The van der Waals surface area contributed by atoms with Gasteiger partial charge in [0.05, 0.1) is 16.6 Å². The second-order valence-electron chi connectivity index (χ2n) is 5.22. The number of nitrogens with one attached hydrogen (secondary N) is 1. The van der Waals surface area contributed by atoms with Crippen LogP contribution in [0.1, 0.15) is 28.9 Å². The number of likely N-dealkylation sites (N-methyl/N-ethyl adjacent to an activating group) is 1. The lowest BCUT2D eigenvalue weighted by molar-refractivity contribution is 0.0698. The zero-order chi connectivity index (χ0) is 14.1. The van der Waals surface area contributed by atoms with Gasteiger partial charge in [0.25, 0.3) is 11.6 Å². The van der Waals surface area contributed by atoms with Crippen LogP contribution >= 0.6 is 12.4 Å². The smallest absolute Gasteiger partial charge is 0.257 e. The molecule has 3 rings (SSSR count). The third-order valence-electron chi connectivity index (χ3n) is 3.87. The van der Waals surface area contributed by atoms with E-state index in [4.69, 9.17) is 4.52 Å². The summed E-state index contributed by atoms with van der Waals surface area (Å²) in [5, 5.41) is 7.91. The molecule has 0 spiro atoms. The van der Waals surface area contributed by atoms with Crippen LogP contribution in [0.2, 0.25) is 0 Å². The predicted octanol–water partition coefficient (Wildman–Crippen LogP) is 1.78. The zero-order valence-corrected chi connectivity index (χ0v) is 12.9. The van der Waals surface area contributed by atoms with E-state index in [1.165, 1.54) is 0 Å². The Hall–Kier alpha value is -1.66. The molecule has 1 amide bonds. The van der Waals surface area contributed by atoms with E-state index in [-0.39, 0.29) is 18.3 Å². The molecule has 114 valence electrons. The van der Waals surface area contributed by atoms with Gasteiger partial charge in [-0.05, 0) is 32.9 Å². The highest BCUT2D eigenvalue weighted by atomic mass is 35.5. The van der Waals surface area contributed by atoms with E-state index in [2.05, 4.69) is 15.5 Å². The average molecular weight is 311 g/mol. The van der Waals surface area contributed by atoms with Crippen LogP contribution < -0.4 is 5.32 Å². The minimum absolute atomic E-state index is 0. The highest BCUT2D eigenvalue weighted by Crippen LogP contribution is 2.19. The van der Waals surface area contributed by atoms with Gasteiger partial charge >= 0.3 is 0 Å². The molecule has 1 aliphatic rings. The minimum Gasteiger partial charge on any atom is -0.337 e. The summed E-state index contributed by atoms with van der Waals surface area (Å²) in [4.78, 5) is 18.6. The van der Waals surface area contributed by atoms with Gasteiger partial charge in [0.2, 0.25) is 0 Å². The summed E-state index contributed by atoms with van der Waals surface area (Å²) in [5.74, 6) is 0.0277. The number of amides is 1. The zero-order valence-electron chi connectivity index (χ0n) is 12.1. The molecule has 0 saturated carbocycles. The number of halogens is 1. The monoisotopic (exact) mass is 310 g/mol. The minimum atomic E-state index is 0. The highest BCUT2D eigenvalue weighted by molar-refractivity contribution is 5.97. The number of fused-ring (bicyclic) bond motifs is 1. The Kier molecular flexibility index (Phi) is 4.80. The number of pyridine rings is 1. The summed E-state index contributed by atoms with van der Waals surface area (Å²) in [6.45, 7) is 3.40. The van der Waals surface area contributed by atoms with Gasteiger partial charge in [-0.3, -0.25) is 4.79 Å². The van der Waals surface area contributed by atoms with Crippen LogP contribution in [0.15, 0.2) is 16.8 Å². The van der Waals surface area contributed by atoms with E-state index in [1.54, 1.807) is 6.20 Å². The van der Waals surface area contributed by atoms with Gasteiger partial charge < -0.3 is 14.7 Å². The first-order chi connectivity index (χ1) is 9.69. The lowest BCUT2D eigenvalue weighted by Crippen LogP contribution is -2.46. The first-order valence-corrected chi connectivity index (χ1v) is 6.87. The van der Waals surface area contributed by atoms with E-state index in [0.717, 1.165) is 37.0 Å². The van der Waals surface area contributed by atoms with Gasteiger partial charge in [-0.25, -0.2) is 4.98 Å². The van der Waals surface area contributed by atoms with Crippen LogP contribution in [-0.2, 0) is 0 Å². The molecule has 1 unspecified atom stereocenters. The lowest BCUT2D eigenvalue weighted by Gasteiger charge is -2.32. The van der Waals surface area contributed by atoms with E-state index >= 15 is 0 Å². The fourth-order valence-corrected chi connectivity index (χ4v) is 2.64. The molecule has 0 radical (unpaired) electrons. The molecular formula is C14H19ClN4O2. The number of aryl methyl sites for hydroxylation is 1. The lowest BCUT2D eigenvalue weighted by atomic mass is 10.0. The SMILES string of the molecule is CNC1CCCN(C(=O)c2cnc3onc(C)c3c2)C1.Cl. The van der Waals surface area contributed by atoms with Crippen molar-refractivity contribution in [2.24, 2.45) is 0 Å². The second kappa shape index (κ2) is 6.41. The van der Waals surface area contributed by atoms with Crippen molar-refractivity contribution in [1.29, 1.82) is 0 Å². The first-order valence-electron chi connectivity index (χ1n) is 6.87. The Balaban J connectivity index is 0.00000161. The number of piperidine rings is 1. The van der Waals surface area contributed by atoms with Crippen molar-refractivity contribution in [3.8, 4) is 0 Å². The van der Waals surface area contributed by atoms with Crippen molar-refractivity contribution in [1.82, 2.24) is 20.4 Å². The number of nitrogens with zero attached hydrogens (tertiary/aromatic N) is 3. The maximum atomic E-state index is 12.5. The molecule has 1 aliphatic heterocycles. The fraction of sp³-hybridized carbons (Fsp3) is 0.500. The van der Waals surface area contributed by atoms with Gasteiger partial charge in [0, 0.05) is 25.3 Å². The molecule has 7 heteroatoms. The van der Waals surface area contributed by atoms with E-state index in [0.29, 0.717) is 17.3 Å². The van der Waals surface area contributed by atoms with Gasteiger partial charge in [0.15, 0.2) is 0 Å². The average Bonchev–Trinajstić information content (AvgIpc) is 2.87. The van der Waals surface area contributed by atoms with E-state index in [1.807, 2.05) is 24.9 Å². The number of aromatic nitrogens is 2. The molecule has 3 heterocycles. The van der Waals surface area contributed by atoms with Crippen molar-refractivity contribution in [2.45, 2.75) is 25.8 Å². The van der Waals surface area contributed by atoms with Crippen molar-refractivity contribution in [3.05, 3.63) is 23.5 Å². The van der Waals surface area contributed by atoms with E-state index < -0.39 is 0 Å². The third kappa shape index (κ3) is 3.01. The van der Waals surface area contributed by atoms with Crippen LogP contribution in [-0.4, -0.2) is 47.1 Å². The van der Waals surface area contributed by atoms with Gasteiger partial charge in [-0.2, -0.15) is 0 Å². The van der Waals surface area contributed by atoms with Crippen molar-refractivity contribution >= 4 is 29.4 Å². The molecule has 1 fully saturated rings.